The maximum Gasteiger partial charge on any atom is 0.340 e. The number of para-hydroxylation sites is 1. The van der Waals surface area contributed by atoms with Crippen molar-refractivity contribution in [3.63, 3.8) is 0 Å². The van der Waals surface area contributed by atoms with Crippen LogP contribution in [0.15, 0.2) is 80.3 Å². The van der Waals surface area contributed by atoms with E-state index in [-0.39, 0.29) is 22.0 Å². The largest absolute Gasteiger partial charge is 0.340 e. The van der Waals surface area contributed by atoms with Crippen molar-refractivity contribution in [2.75, 3.05) is 17.6 Å². The Morgan fingerprint density at radius 1 is 1.06 bits per heavy atom. The Morgan fingerprint density at radius 2 is 1.72 bits per heavy atom. The molecule has 0 saturated carbocycles. The number of halogens is 2. The Labute approximate surface area is 189 Å². The molecule has 1 atom stereocenters. The van der Waals surface area contributed by atoms with Gasteiger partial charge in [0, 0.05) is 11.8 Å². The number of quaternary nitrogens is 1. The van der Waals surface area contributed by atoms with Gasteiger partial charge in [0.2, 0.25) is 5.03 Å². The maximum absolute atomic E-state index is 14.8. The number of thioether (sulfide) groups is 1. The third kappa shape index (κ3) is 3.68. The fourth-order valence-electron chi connectivity index (χ4n) is 3.71. The molecule has 2 aromatic rings. The van der Waals surface area contributed by atoms with Crippen molar-refractivity contribution in [1.29, 1.82) is 0 Å². The molecule has 0 fully saturated rings. The van der Waals surface area contributed by atoms with Crippen LogP contribution in [-0.2, 0) is 16.6 Å². The van der Waals surface area contributed by atoms with Crippen molar-refractivity contribution in [2.24, 2.45) is 9.98 Å². The molecule has 0 radical (unpaired) electrons. The SMILES string of the molecule is CSC1=C(S(=O)(=O)N(Cc2ccccc2)c2c(F)cccc2F)N=C2N=CC(C)=C[N+]21C. The van der Waals surface area contributed by atoms with Crippen molar-refractivity contribution >= 4 is 39.6 Å². The summed E-state index contributed by atoms with van der Waals surface area (Å²) in [5.74, 6) is -1.69. The van der Waals surface area contributed by atoms with Gasteiger partial charge in [-0.1, -0.05) is 48.2 Å². The number of aliphatic imine (C=N–C) groups is 2. The molecule has 2 aliphatic heterocycles. The minimum absolute atomic E-state index is 0.0308. The number of sulfonamides is 1. The first-order valence-corrected chi connectivity index (χ1v) is 12.3. The van der Waals surface area contributed by atoms with Crippen LogP contribution in [0, 0.1) is 11.6 Å². The standard InChI is InChI=1S/C22H21F2N4O2S2/c1-15-12-25-22-26-20(21(31-3)28(22,2)14-15)32(29,30)27(13-16-8-5-4-6-9-16)19-17(23)10-7-11-18(19)24/h4-12,14H,13H2,1-3H3/q+1. The van der Waals surface area contributed by atoms with Gasteiger partial charge in [-0.2, -0.15) is 22.9 Å². The number of allylic oxidation sites excluding steroid dienone is 1. The lowest BCUT2D eigenvalue weighted by molar-refractivity contribution is -0.712. The van der Waals surface area contributed by atoms with Gasteiger partial charge in [0.15, 0.2) is 11.6 Å². The lowest BCUT2D eigenvalue weighted by Gasteiger charge is -2.28. The minimum atomic E-state index is -4.47. The van der Waals surface area contributed by atoms with E-state index < -0.39 is 27.3 Å². The predicted molar refractivity (Wildman–Crippen MR) is 124 cm³/mol. The maximum atomic E-state index is 14.8. The quantitative estimate of drug-likeness (QED) is 0.574. The molecule has 0 amide bonds. The third-order valence-electron chi connectivity index (χ3n) is 5.15. The molecule has 32 heavy (non-hydrogen) atoms. The van der Waals surface area contributed by atoms with Crippen LogP contribution in [0.3, 0.4) is 0 Å². The zero-order valence-corrected chi connectivity index (χ0v) is 19.3. The number of guanidine groups is 1. The van der Waals surface area contributed by atoms with Gasteiger partial charge in [-0.3, -0.25) is 4.31 Å². The van der Waals surface area contributed by atoms with Gasteiger partial charge in [-0.15, -0.1) is 0 Å². The topological polar surface area (TPSA) is 62.1 Å². The molecule has 1 unspecified atom stereocenters. The molecular weight excluding hydrogens is 454 g/mol. The van der Waals surface area contributed by atoms with E-state index >= 15 is 0 Å². The van der Waals surface area contributed by atoms with Crippen LogP contribution in [0.25, 0.3) is 0 Å². The second-order valence-electron chi connectivity index (χ2n) is 7.50. The second-order valence-corrected chi connectivity index (χ2v) is 10.1. The highest BCUT2D eigenvalue weighted by Crippen LogP contribution is 2.42. The van der Waals surface area contributed by atoms with Crippen LogP contribution in [0.2, 0.25) is 0 Å². The first kappa shape index (κ1) is 22.4. The van der Waals surface area contributed by atoms with E-state index in [1.807, 2.05) is 13.1 Å². The number of benzene rings is 2. The van der Waals surface area contributed by atoms with Crippen molar-refractivity contribution in [3.05, 3.63) is 87.6 Å². The number of fused-ring (bicyclic) bond motifs is 1. The number of hydrogen-bond acceptors (Lipinski definition) is 5. The number of rotatable bonds is 6. The molecule has 0 bridgehead atoms. The molecule has 0 aromatic heterocycles. The first-order chi connectivity index (χ1) is 15.2. The summed E-state index contributed by atoms with van der Waals surface area (Å²) in [5, 5.41) is 0.121. The Morgan fingerprint density at radius 3 is 2.34 bits per heavy atom. The van der Waals surface area contributed by atoms with Crippen LogP contribution >= 0.6 is 11.8 Å². The summed E-state index contributed by atoms with van der Waals surface area (Å²) in [5.41, 5.74) is 0.771. The van der Waals surface area contributed by atoms with Crippen molar-refractivity contribution in [2.45, 2.75) is 13.5 Å². The normalized spacial score (nSPS) is 20.2. The summed E-state index contributed by atoms with van der Waals surface area (Å²) in [6, 6.07) is 11.9. The van der Waals surface area contributed by atoms with Crippen molar-refractivity contribution in [1.82, 2.24) is 0 Å². The van der Waals surface area contributed by atoms with Gasteiger partial charge in [-0.05, 0) is 30.9 Å². The molecule has 2 aliphatic rings. The monoisotopic (exact) mass is 475 g/mol. The third-order valence-corrected chi connectivity index (χ3v) is 7.90. The average molecular weight is 476 g/mol. The Hall–Kier alpha value is -2.82. The van der Waals surface area contributed by atoms with E-state index in [9.17, 15) is 17.2 Å². The molecule has 0 N–H and O–H groups in total. The molecule has 10 heteroatoms. The van der Waals surface area contributed by atoms with Crippen molar-refractivity contribution < 1.29 is 21.7 Å². The zero-order chi connectivity index (χ0) is 23.1. The fraction of sp³-hybridized carbons (Fsp3) is 0.182. The smallest absolute Gasteiger partial charge is 0.254 e. The zero-order valence-electron chi connectivity index (χ0n) is 17.7. The summed E-state index contributed by atoms with van der Waals surface area (Å²) in [6.07, 6.45) is 5.18. The van der Waals surface area contributed by atoms with Gasteiger partial charge in [-0.25, -0.2) is 8.78 Å². The molecule has 2 heterocycles. The molecule has 0 aliphatic carbocycles. The number of anilines is 1. The van der Waals surface area contributed by atoms with Crippen LogP contribution in [0.4, 0.5) is 14.5 Å². The summed E-state index contributed by atoms with van der Waals surface area (Å²) in [4.78, 5) is 8.62. The molecule has 0 spiro atoms. The van der Waals surface area contributed by atoms with E-state index in [1.54, 1.807) is 49.8 Å². The summed E-state index contributed by atoms with van der Waals surface area (Å²) in [6.45, 7) is 1.59. The summed E-state index contributed by atoms with van der Waals surface area (Å²) in [7, 11) is -2.69. The lowest BCUT2D eigenvalue weighted by atomic mass is 10.2. The molecule has 0 saturated heterocycles. The van der Waals surface area contributed by atoms with Crippen LogP contribution in [0.1, 0.15) is 12.5 Å². The number of nitrogens with zero attached hydrogens (tertiary/aromatic N) is 4. The lowest BCUT2D eigenvalue weighted by Crippen LogP contribution is -2.41. The highest BCUT2D eigenvalue weighted by atomic mass is 32.2. The van der Waals surface area contributed by atoms with E-state index in [0.717, 1.165) is 22.0 Å². The molecule has 2 aromatic carbocycles. The Balaban J connectivity index is 1.93. The molecule has 4 rings (SSSR count). The average Bonchev–Trinajstić information content (AvgIpc) is 3.05. The highest BCUT2D eigenvalue weighted by molar-refractivity contribution is 8.04. The summed E-state index contributed by atoms with van der Waals surface area (Å²) < 4.78 is 58.1. The van der Waals surface area contributed by atoms with Crippen LogP contribution in [0.5, 0.6) is 0 Å². The van der Waals surface area contributed by atoms with Crippen molar-refractivity contribution in [3.8, 4) is 0 Å². The molecular formula is C22H21F2N4O2S2+. The molecule has 6 nitrogen and oxygen atoms in total. The minimum Gasteiger partial charge on any atom is -0.254 e. The Kier molecular flexibility index (Phi) is 5.78. The van der Waals surface area contributed by atoms with Gasteiger partial charge in [0.25, 0.3) is 15.1 Å². The summed E-state index contributed by atoms with van der Waals surface area (Å²) >= 11 is 1.21. The number of hydrogen-bond donors (Lipinski definition) is 0. The van der Waals surface area contributed by atoms with Crippen LogP contribution in [-0.4, -0.2) is 38.4 Å². The van der Waals surface area contributed by atoms with E-state index in [0.29, 0.717) is 10.6 Å². The highest BCUT2D eigenvalue weighted by Gasteiger charge is 2.49. The Bertz CT molecular complexity index is 1280. The van der Waals surface area contributed by atoms with E-state index in [1.165, 1.54) is 17.8 Å². The van der Waals surface area contributed by atoms with E-state index in [2.05, 4.69) is 9.98 Å². The fourth-order valence-corrected chi connectivity index (χ4v) is 6.56. The second kappa shape index (κ2) is 8.27. The van der Waals surface area contributed by atoms with Gasteiger partial charge < -0.3 is 0 Å². The van der Waals surface area contributed by atoms with Crippen LogP contribution < -0.4 is 4.31 Å². The van der Waals surface area contributed by atoms with Gasteiger partial charge in [0.1, 0.15) is 11.9 Å². The predicted octanol–water partition coefficient (Wildman–Crippen LogP) is 4.60. The molecule has 166 valence electrons. The van der Waals surface area contributed by atoms with Gasteiger partial charge in [0.05, 0.1) is 13.6 Å². The van der Waals surface area contributed by atoms with E-state index in [4.69, 9.17) is 0 Å². The van der Waals surface area contributed by atoms with Gasteiger partial charge >= 0.3 is 5.96 Å². The first-order valence-electron chi connectivity index (χ1n) is 9.67.